The van der Waals surface area contributed by atoms with Gasteiger partial charge in [-0.3, -0.25) is 4.79 Å². The maximum atomic E-state index is 12.1. The molecule has 126 valence electrons. The molecule has 1 heterocycles. The number of carbonyl (C=O) groups excluding carboxylic acids is 2. The van der Waals surface area contributed by atoms with E-state index in [9.17, 15) is 9.59 Å². The standard InChI is InChI=1S/C17H17NO5S/c1-21-12-5-6-14(22-2)11(10-12)4-7-15(19)18-13-8-9-24-16(13)17(20)23-3/h4-10H,1-3H3,(H,18,19). The van der Waals surface area contributed by atoms with Gasteiger partial charge in [0.15, 0.2) is 0 Å². The normalized spacial score (nSPS) is 10.5. The third-order valence-electron chi connectivity index (χ3n) is 3.15. The van der Waals surface area contributed by atoms with Gasteiger partial charge in [-0.1, -0.05) is 0 Å². The predicted molar refractivity (Wildman–Crippen MR) is 92.9 cm³/mol. The molecule has 2 rings (SSSR count). The number of benzene rings is 1. The third kappa shape index (κ3) is 4.14. The SMILES string of the molecule is COC(=O)c1sccc1NC(=O)C=Cc1cc(OC)ccc1OC. The van der Waals surface area contributed by atoms with Crippen molar-refractivity contribution in [2.45, 2.75) is 0 Å². The Kier molecular flexibility index (Phi) is 5.97. The molecule has 6 nitrogen and oxygen atoms in total. The van der Waals surface area contributed by atoms with Gasteiger partial charge in [-0.05, 0) is 35.7 Å². The van der Waals surface area contributed by atoms with Crippen LogP contribution >= 0.6 is 11.3 Å². The quantitative estimate of drug-likeness (QED) is 0.642. The average molecular weight is 347 g/mol. The van der Waals surface area contributed by atoms with E-state index in [2.05, 4.69) is 10.1 Å². The van der Waals surface area contributed by atoms with Crippen molar-refractivity contribution in [1.82, 2.24) is 0 Å². The van der Waals surface area contributed by atoms with Crippen LogP contribution in [0, 0.1) is 0 Å². The van der Waals surface area contributed by atoms with Gasteiger partial charge in [0.2, 0.25) is 5.91 Å². The molecule has 24 heavy (non-hydrogen) atoms. The van der Waals surface area contributed by atoms with Gasteiger partial charge in [0.1, 0.15) is 16.4 Å². The summed E-state index contributed by atoms with van der Waals surface area (Å²) in [6, 6.07) is 6.93. The molecule has 0 radical (unpaired) electrons. The Balaban J connectivity index is 2.14. The first kappa shape index (κ1) is 17.6. The topological polar surface area (TPSA) is 73.9 Å². The fourth-order valence-corrected chi connectivity index (χ4v) is 2.73. The van der Waals surface area contributed by atoms with Crippen molar-refractivity contribution < 1.29 is 23.8 Å². The van der Waals surface area contributed by atoms with Gasteiger partial charge in [0.05, 0.1) is 27.0 Å². The molecule has 0 saturated carbocycles. The number of nitrogens with one attached hydrogen (secondary N) is 1. The fourth-order valence-electron chi connectivity index (χ4n) is 1.97. The second kappa shape index (κ2) is 8.16. The van der Waals surface area contributed by atoms with Crippen molar-refractivity contribution in [1.29, 1.82) is 0 Å². The molecule has 0 aliphatic heterocycles. The number of esters is 1. The second-order valence-electron chi connectivity index (χ2n) is 4.59. The third-order valence-corrected chi connectivity index (χ3v) is 4.04. The van der Waals surface area contributed by atoms with E-state index in [1.165, 1.54) is 24.5 Å². The minimum Gasteiger partial charge on any atom is -0.497 e. The van der Waals surface area contributed by atoms with Gasteiger partial charge in [-0.25, -0.2) is 4.79 Å². The Morgan fingerprint density at radius 3 is 2.58 bits per heavy atom. The molecule has 0 saturated heterocycles. The molecule has 0 atom stereocenters. The van der Waals surface area contributed by atoms with E-state index in [1.807, 2.05) is 0 Å². The number of ether oxygens (including phenoxy) is 3. The molecule has 1 amide bonds. The summed E-state index contributed by atoms with van der Waals surface area (Å²) in [6.45, 7) is 0. The van der Waals surface area contributed by atoms with E-state index in [1.54, 1.807) is 49.9 Å². The Morgan fingerprint density at radius 2 is 1.92 bits per heavy atom. The lowest BCUT2D eigenvalue weighted by Crippen LogP contribution is -2.10. The summed E-state index contributed by atoms with van der Waals surface area (Å²) in [5.74, 6) is 0.412. The van der Waals surface area contributed by atoms with Crippen molar-refractivity contribution in [3.63, 3.8) is 0 Å². The number of carbonyl (C=O) groups is 2. The van der Waals surface area contributed by atoms with Gasteiger partial charge < -0.3 is 19.5 Å². The first-order valence-electron chi connectivity index (χ1n) is 6.96. The van der Waals surface area contributed by atoms with Crippen LogP contribution in [0.1, 0.15) is 15.2 Å². The molecule has 0 aliphatic carbocycles. The number of hydrogen-bond donors (Lipinski definition) is 1. The van der Waals surface area contributed by atoms with Crippen LogP contribution in [0.3, 0.4) is 0 Å². The Bertz CT molecular complexity index is 766. The second-order valence-corrected chi connectivity index (χ2v) is 5.50. The number of amides is 1. The predicted octanol–water partition coefficient (Wildman–Crippen LogP) is 3.20. The molecule has 0 bridgehead atoms. The highest BCUT2D eigenvalue weighted by Gasteiger charge is 2.14. The van der Waals surface area contributed by atoms with Crippen LogP contribution in [0.5, 0.6) is 11.5 Å². The van der Waals surface area contributed by atoms with Crippen molar-refractivity contribution in [3.05, 3.63) is 46.2 Å². The highest BCUT2D eigenvalue weighted by atomic mass is 32.1. The summed E-state index contributed by atoms with van der Waals surface area (Å²) in [5.41, 5.74) is 1.12. The Morgan fingerprint density at radius 1 is 1.12 bits per heavy atom. The van der Waals surface area contributed by atoms with Crippen molar-refractivity contribution >= 4 is 35.0 Å². The number of hydrogen-bond acceptors (Lipinski definition) is 6. The van der Waals surface area contributed by atoms with Crippen molar-refractivity contribution in [3.8, 4) is 11.5 Å². The van der Waals surface area contributed by atoms with E-state index in [4.69, 9.17) is 9.47 Å². The summed E-state index contributed by atoms with van der Waals surface area (Å²) in [7, 11) is 4.41. The van der Waals surface area contributed by atoms with E-state index in [0.717, 1.165) is 0 Å². The molecule has 1 aromatic heterocycles. The molecule has 1 N–H and O–H groups in total. The number of methoxy groups -OCH3 is 3. The van der Waals surface area contributed by atoms with Crippen LogP contribution in [0.15, 0.2) is 35.7 Å². The molecular weight excluding hydrogens is 330 g/mol. The summed E-state index contributed by atoms with van der Waals surface area (Å²) in [6.07, 6.45) is 2.97. The zero-order chi connectivity index (χ0) is 17.5. The smallest absolute Gasteiger partial charge is 0.350 e. The number of anilines is 1. The van der Waals surface area contributed by atoms with Gasteiger partial charge >= 0.3 is 5.97 Å². The molecule has 0 aliphatic rings. The summed E-state index contributed by atoms with van der Waals surface area (Å²) >= 11 is 1.20. The van der Waals surface area contributed by atoms with E-state index >= 15 is 0 Å². The molecule has 0 spiro atoms. The highest BCUT2D eigenvalue weighted by molar-refractivity contribution is 7.12. The lowest BCUT2D eigenvalue weighted by molar-refractivity contribution is -0.111. The maximum absolute atomic E-state index is 12.1. The molecular formula is C17H17NO5S. The average Bonchev–Trinajstić information content (AvgIpc) is 3.06. The van der Waals surface area contributed by atoms with Crippen LogP contribution in [0.25, 0.3) is 6.08 Å². The minimum atomic E-state index is -0.487. The van der Waals surface area contributed by atoms with Crippen molar-refractivity contribution in [2.75, 3.05) is 26.6 Å². The van der Waals surface area contributed by atoms with Gasteiger partial charge in [0, 0.05) is 11.6 Å². The van der Waals surface area contributed by atoms with E-state index in [0.29, 0.717) is 27.6 Å². The van der Waals surface area contributed by atoms with Crippen molar-refractivity contribution in [2.24, 2.45) is 0 Å². The monoisotopic (exact) mass is 347 g/mol. The zero-order valence-corrected chi connectivity index (χ0v) is 14.3. The summed E-state index contributed by atoms with van der Waals surface area (Å²) < 4.78 is 15.1. The van der Waals surface area contributed by atoms with Crippen LogP contribution in [0.2, 0.25) is 0 Å². The first-order chi connectivity index (χ1) is 11.6. The van der Waals surface area contributed by atoms with Crippen LogP contribution in [-0.2, 0) is 9.53 Å². The fraction of sp³-hybridized carbons (Fsp3) is 0.176. The summed E-state index contributed by atoms with van der Waals surface area (Å²) in [4.78, 5) is 24.0. The van der Waals surface area contributed by atoms with E-state index < -0.39 is 5.97 Å². The van der Waals surface area contributed by atoms with Crippen LogP contribution < -0.4 is 14.8 Å². The largest absolute Gasteiger partial charge is 0.497 e. The zero-order valence-electron chi connectivity index (χ0n) is 13.5. The molecule has 0 fully saturated rings. The van der Waals surface area contributed by atoms with Gasteiger partial charge in [0.25, 0.3) is 0 Å². The van der Waals surface area contributed by atoms with Gasteiger partial charge in [-0.2, -0.15) is 0 Å². The number of rotatable bonds is 6. The summed E-state index contributed by atoms with van der Waals surface area (Å²) in [5, 5.41) is 4.36. The molecule has 1 aromatic carbocycles. The molecule has 0 unspecified atom stereocenters. The first-order valence-corrected chi connectivity index (χ1v) is 7.84. The van der Waals surface area contributed by atoms with Crippen LogP contribution in [0.4, 0.5) is 5.69 Å². The van der Waals surface area contributed by atoms with Gasteiger partial charge in [-0.15, -0.1) is 11.3 Å². The Labute approximate surface area is 143 Å². The minimum absolute atomic E-state index is 0.346. The van der Waals surface area contributed by atoms with E-state index in [-0.39, 0.29) is 5.91 Å². The lowest BCUT2D eigenvalue weighted by Gasteiger charge is -2.07. The highest BCUT2D eigenvalue weighted by Crippen LogP contribution is 2.26. The van der Waals surface area contributed by atoms with Crippen LogP contribution in [-0.4, -0.2) is 33.2 Å². The number of thiophene rings is 1. The lowest BCUT2D eigenvalue weighted by atomic mass is 10.1. The molecule has 2 aromatic rings. The Hall–Kier alpha value is -2.80. The molecule has 7 heteroatoms. The maximum Gasteiger partial charge on any atom is 0.350 e.